The Hall–Kier alpha value is -2.19. The highest BCUT2D eigenvalue weighted by Crippen LogP contribution is 2.40. The lowest BCUT2D eigenvalue weighted by Crippen LogP contribution is -2.11. The maximum Gasteiger partial charge on any atom is 0.257 e. The summed E-state index contributed by atoms with van der Waals surface area (Å²) in [7, 11) is 0. The minimum Gasteiger partial charge on any atom is -0.298 e. The molecule has 1 aliphatic rings. The van der Waals surface area contributed by atoms with E-state index in [0.717, 1.165) is 5.69 Å². The van der Waals surface area contributed by atoms with Crippen LogP contribution in [0.1, 0.15) is 40.4 Å². The van der Waals surface area contributed by atoms with Crippen molar-refractivity contribution < 1.29 is 4.79 Å². The molecule has 2 aromatic rings. The van der Waals surface area contributed by atoms with Crippen molar-refractivity contribution in [2.75, 3.05) is 5.32 Å². The number of benzene rings is 1. The largest absolute Gasteiger partial charge is 0.298 e. The van der Waals surface area contributed by atoms with Crippen molar-refractivity contribution in [1.29, 1.82) is 5.26 Å². The molecule has 1 saturated carbocycles. The second kappa shape index (κ2) is 4.82. The van der Waals surface area contributed by atoms with Crippen LogP contribution in [0.3, 0.4) is 0 Å². The van der Waals surface area contributed by atoms with Gasteiger partial charge in [0.05, 0.1) is 17.3 Å². The lowest BCUT2D eigenvalue weighted by atomic mass is 10.1. The van der Waals surface area contributed by atoms with Crippen LogP contribution in [0, 0.1) is 11.3 Å². The zero-order chi connectivity index (χ0) is 13.2. The first-order valence-electron chi connectivity index (χ1n) is 6.03. The average molecular weight is 269 g/mol. The first-order chi connectivity index (χ1) is 9.26. The van der Waals surface area contributed by atoms with E-state index in [1.165, 1.54) is 24.2 Å². The number of nitriles is 1. The van der Waals surface area contributed by atoms with E-state index in [2.05, 4.69) is 10.3 Å². The third kappa shape index (κ3) is 2.64. The molecule has 1 N–H and O–H groups in total. The van der Waals surface area contributed by atoms with Crippen molar-refractivity contribution >= 4 is 22.4 Å². The number of nitrogens with zero attached hydrogens (tertiary/aromatic N) is 2. The number of carbonyl (C=O) groups is 1. The summed E-state index contributed by atoms with van der Waals surface area (Å²) < 4.78 is 0. The highest BCUT2D eigenvalue weighted by atomic mass is 32.1. The molecule has 0 bridgehead atoms. The van der Waals surface area contributed by atoms with Gasteiger partial charge in [-0.3, -0.25) is 10.1 Å². The number of nitrogens with one attached hydrogen (secondary N) is 1. The van der Waals surface area contributed by atoms with Gasteiger partial charge in [-0.1, -0.05) is 0 Å². The molecule has 1 aromatic heterocycles. The van der Waals surface area contributed by atoms with Gasteiger partial charge in [0.2, 0.25) is 0 Å². The molecule has 0 spiro atoms. The number of hydrogen-bond acceptors (Lipinski definition) is 4. The van der Waals surface area contributed by atoms with Crippen LogP contribution in [0.5, 0.6) is 0 Å². The average Bonchev–Trinajstić information content (AvgIpc) is 3.20. The molecule has 1 amide bonds. The van der Waals surface area contributed by atoms with E-state index in [9.17, 15) is 4.79 Å². The van der Waals surface area contributed by atoms with Crippen LogP contribution < -0.4 is 5.32 Å². The number of thiazole rings is 1. The van der Waals surface area contributed by atoms with E-state index in [1.807, 2.05) is 11.4 Å². The van der Waals surface area contributed by atoms with Gasteiger partial charge >= 0.3 is 0 Å². The number of anilines is 1. The molecule has 4 nitrogen and oxygen atoms in total. The van der Waals surface area contributed by atoms with E-state index < -0.39 is 0 Å². The Morgan fingerprint density at radius 2 is 2.11 bits per heavy atom. The first-order valence-corrected chi connectivity index (χ1v) is 6.91. The fraction of sp³-hybridized carbons (Fsp3) is 0.214. The molecule has 1 aliphatic carbocycles. The van der Waals surface area contributed by atoms with Gasteiger partial charge in [-0.05, 0) is 37.1 Å². The van der Waals surface area contributed by atoms with E-state index in [0.29, 0.717) is 22.2 Å². The highest BCUT2D eigenvalue weighted by molar-refractivity contribution is 7.14. The predicted molar refractivity (Wildman–Crippen MR) is 73.2 cm³/mol. The van der Waals surface area contributed by atoms with Crippen molar-refractivity contribution in [2.45, 2.75) is 18.8 Å². The zero-order valence-corrected chi connectivity index (χ0v) is 10.9. The van der Waals surface area contributed by atoms with Crippen LogP contribution in [0.25, 0.3) is 0 Å². The number of hydrogen-bond donors (Lipinski definition) is 1. The fourth-order valence-corrected chi connectivity index (χ4v) is 2.56. The van der Waals surface area contributed by atoms with Gasteiger partial charge in [0.25, 0.3) is 5.91 Å². The fourth-order valence-electron chi connectivity index (χ4n) is 1.78. The molecular weight excluding hydrogens is 258 g/mol. The molecule has 1 heterocycles. The molecule has 5 heteroatoms. The number of amides is 1. The Bertz CT molecular complexity index is 650. The zero-order valence-electron chi connectivity index (χ0n) is 10.1. The molecule has 0 atom stereocenters. The normalized spacial score (nSPS) is 13.8. The molecule has 0 radical (unpaired) electrons. The second-order valence-corrected chi connectivity index (χ2v) is 5.35. The molecule has 1 fully saturated rings. The first kappa shape index (κ1) is 11.9. The smallest absolute Gasteiger partial charge is 0.257 e. The lowest BCUT2D eigenvalue weighted by Gasteiger charge is -2.01. The minimum absolute atomic E-state index is 0.193. The van der Waals surface area contributed by atoms with Gasteiger partial charge in [0.15, 0.2) is 5.13 Å². The Morgan fingerprint density at radius 1 is 1.37 bits per heavy atom. The maximum atomic E-state index is 12.0. The van der Waals surface area contributed by atoms with Crippen LogP contribution >= 0.6 is 11.3 Å². The van der Waals surface area contributed by atoms with Crippen LogP contribution in [-0.4, -0.2) is 10.9 Å². The molecule has 0 aliphatic heterocycles. The summed E-state index contributed by atoms with van der Waals surface area (Å²) in [6.45, 7) is 0. The number of rotatable bonds is 3. The predicted octanol–water partition coefficient (Wildman–Crippen LogP) is 3.14. The van der Waals surface area contributed by atoms with Crippen molar-refractivity contribution in [1.82, 2.24) is 4.98 Å². The summed E-state index contributed by atoms with van der Waals surface area (Å²) in [5.74, 6) is 0.401. The Balaban J connectivity index is 1.70. The van der Waals surface area contributed by atoms with Crippen LogP contribution in [0.15, 0.2) is 29.6 Å². The van der Waals surface area contributed by atoms with E-state index >= 15 is 0 Å². The molecule has 0 saturated heterocycles. The van der Waals surface area contributed by atoms with Gasteiger partial charge in [0.1, 0.15) is 0 Å². The van der Waals surface area contributed by atoms with Gasteiger partial charge in [0, 0.05) is 16.9 Å². The summed E-state index contributed by atoms with van der Waals surface area (Å²) in [4.78, 5) is 16.4. The summed E-state index contributed by atoms with van der Waals surface area (Å²) in [6.07, 6.45) is 2.40. The summed E-state index contributed by atoms with van der Waals surface area (Å²) >= 11 is 1.45. The highest BCUT2D eigenvalue weighted by Gasteiger charge is 2.26. The molecule has 3 rings (SSSR count). The van der Waals surface area contributed by atoms with Gasteiger partial charge < -0.3 is 0 Å². The lowest BCUT2D eigenvalue weighted by molar-refractivity contribution is 0.102. The number of aromatic nitrogens is 1. The molecule has 94 valence electrons. The van der Waals surface area contributed by atoms with Gasteiger partial charge in [-0.15, -0.1) is 11.3 Å². The van der Waals surface area contributed by atoms with E-state index in [4.69, 9.17) is 5.26 Å². The Kier molecular flexibility index (Phi) is 3.02. The van der Waals surface area contributed by atoms with Crippen molar-refractivity contribution in [3.63, 3.8) is 0 Å². The van der Waals surface area contributed by atoms with Crippen molar-refractivity contribution in [3.8, 4) is 6.07 Å². The summed E-state index contributed by atoms with van der Waals surface area (Å²) in [6, 6.07) is 8.57. The topological polar surface area (TPSA) is 65.8 Å². The van der Waals surface area contributed by atoms with Gasteiger partial charge in [-0.25, -0.2) is 4.98 Å². The van der Waals surface area contributed by atoms with Crippen molar-refractivity contribution in [2.24, 2.45) is 0 Å². The Morgan fingerprint density at radius 3 is 2.74 bits per heavy atom. The van der Waals surface area contributed by atoms with Crippen molar-refractivity contribution in [3.05, 3.63) is 46.5 Å². The summed E-state index contributed by atoms with van der Waals surface area (Å²) in [5, 5.41) is 14.1. The Labute approximate surface area is 114 Å². The minimum atomic E-state index is -0.193. The standard InChI is InChI=1S/C14H11N3OS/c15-7-9-1-3-11(4-2-9)13(18)17-14-16-12(8-19-14)10-5-6-10/h1-4,8,10H,5-6H2,(H,16,17,18). The van der Waals surface area contributed by atoms with Crippen LogP contribution in [-0.2, 0) is 0 Å². The third-order valence-corrected chi connectivity index (χ3v) is 3.79. The second-order valence-electron chi connectivity index (χ2n) is 4.50. The van der Waals surface area contributed by atoms with E-state index in [-0.39, 0.29) is 5.91 Å². The molecular formula is C14H11N3OS. The molecule has 1 aromatic carbocycles. The quantitative estimate of drug-likeness (QED) is 0.930. The molecule has 0 unspecified atom stereocenters. The number of carbonyl (C=O) groups excluding carboxylic acids is 1. The van der Waals surface area contributed by atoms with Crippen LogP contribution in [0.4, 0.5) is 5.13 Å². The summed E-state index contributed by atoms with van der Waals surface area (Å²) in [5.41, 5.74) is 2.16. The monoisotopic (exact) mass is 269 g/mol. The van der Waals surface area contributed by atoms with Gasteiger partial charge in [-0.2, -0.15) is 5.26 Å². The third-order valence-electron chi connectivity index (χ3n) is 3.01. The molecule has 19 heavy (non-hydrogen) atoms. The van der Waals surface area contributed by atoms with Crippen LogP contribution in [0.2, 0.25) is 0 Å². The maximum absolute atomic E-state index is 12.0. The van der Waals surface area contributed by atoms with E-state index in [1.54, 1.807) is 24.3 Å². The SMILES string of the molecule is N#Cc1ccc(C(=O)Nc2nc(C3CC3)cs2)cc1.